The first-order chi connectivity index (χ1) is 17.4. The van der Waals surface area contributed by atoms with Crippen LogP contribution in [0, 0.1) is 0 Å². The van der Waals surface area contributed by atoms with Crippen molar-refractivity contribution < 1.29 is 36.6 Å². The Morgan fingerprint density at radius 1 is 1.05 bits per heavy atom. The van der Waals surface area contributed by atoms with E-state index in [0.717, 1.165) is 9.36 Å². The number of benzene rings is 1. The molecule has 0 amide bonds. The van der Waals surface area contributed by atoms with Crippen LogP contribution in [0.4, 0.5) is 32.3 Å². The van der Waals surface area contributed by atoms with E-state index in [0.29, 0.717) is 9.59 Å². The van der Waals surface area contributed by atoms with Crippen molar-refractivity contribution in [2.75, 3.05) is 11.9 Å². The predicted molar refractivity (Wildman–Crippen MR) is 124 cm³/mol. The van der Waals surface area contributed by atoms with Gasteiger partial charge in [0.1, 0.15) is 6.54 Å². The van der Waals surface area contributed by atoms with Crippen molar-refractivity contribution in [3.05, 3.63) is 45.6 Å². The Labute approximate surface area is 216 Å². The van der Waals surface area contributed by atoms with Crippen LogP contribution in [0.25, 0.3) is 11.4 Å². The fourth-order valence-electron chi connectivity index (χ4n) is 3.20. The lowest BCUT2D eigenvalue weighted by Gasteiger charge is -2.18. The highest BCUT2D eigenvalue weighted by molar-refractivity contribution is 6.30. The molecule has 3 rings (SSSR count). The Morgan fingerprint density at radius 3 is 2.24 bits per heavy atom. The topological polar surface area (TPSA) is 123 Å². The average molecular weight is 572 g/mol. The third kappa shape index (κ3) is 7.94. The SMILES string of the molecule is CC(C)(O)CNc1nc(Cn2nc(-c3ccc(Cl)cc3)n(CC(O)C(F)(F)F)c2=O)nn1CCC(F)(F)F. The van der Waals surface area contributed by atoms with Crippen molar-refractivity contribution in [1.29, 1.82) is 0 Å². The number of aryl methyl sites for hydroxylation is 1. The summed E-state index contributed by atoms with van der Waals surface area (Å²) in [5.41, 5.74) is -2.07. The van der Waals surface area contributed by atoms with Crippen LogP contribution in [0.15, 0.2) is 29.1 Å². The maximum Gasteiger partial charge on any atom is 0.416 e. The van der Waals surface area contributed by atoms with Crippen LogP contribution in [0.2, 0.25) is 5.02 Å². The summed E-state index contributed by atoms with van der Waals surface area (Å²) in [5, 5.41) is 30.6. The molecule has 0 aliphatic rings. The van der Waals surface area contributed by atoms with Crippen LogP contribution in [-0.4, -0.2) is 69.9 Å². The summed E-state index contributed by atoms with van der Waals surface area (Å²) in [6.07, 6.45) is -13.6. The summed E-state index contributed by atoms with van der Waals surface area (Å²) >= 11 is 5.86. The van der Waals surface area contributed by atoms with Gasteiger partial charge in [-0.2, -0.15) is 36.4 Å². The van der Waals surface area contributed by atoms with Gasteiger partial charge in [0.25, 0.3) is 0 Å². The number of aromatic nitrogens is 6. The Bertz CT molecular complexity index is 1260. The largest absolute Gasteiger partial charge is 0.416 e. The monoisotopic (exact) mass is 571 g/mol. The van der Waals surface area contributed by atoms with Gasteiger partial charge >= 0.3 is 18.0 Å². The van der Waals surface area contributed by atoms with Gasteiger partial charge in [-0.25, -0.2) is 14.2 Å². The van der Waals surface area contributed by atoms with Crippen molar-refractivity contribution in [3.8, 4) is 11.4 Å². The van der Waals surface area contributed by atoms with Gasteiger partial charge in [-0.15, -0.1) is 5.10 Å². The van der Waals surface area contributed by atoms with E-state index in [1.165, 1.54) is 38.1 Å². The summed E-state index contributed by atoms with van der Waals surface area (Å²) < 4.78 is 79.7. The molecule has 2 aromatic heterocycles. The number of alkyl halides is 6. The Hall–Kier alpha value is -3.11. The molecule has 0 saturated heterocycles. The highest BCUT2D eigenvalue weighted by Gasteiger charge is 2.39. The molecule has 0 aliphatic heterocycles. The Morgan fingerprint density at radius 2 is 1.68 bits per heavy atom. The van der Waals surface area contributed by atoms with Crippen LogP contribution >= 0.6 is 11.6 Å². The second-order valence-corrected chi connectivity index (χ2v) is 9.48. The highest BCUT2D eigenvalue weighted by Crippen LogP contribution is 2.25. The van der Waals surface area contributed by atoms with Gasteiger partial charge in [0.2, 0.25) is 5.95 Å². The molecule has 3 aromatic rings. The van der Waals surface area contributed by atoms with Crippen molar-refractivity contribution >= 4 is 17.5 Å². The quantitative estimate of drug-likeness (QED) is 0.320. The maximum absolute atomic E-state index is 13.0. The van der Waals surface area contributed by atoms with Gasteiger partial charge in [-0.1, -0.05) is 11.6 Å². The Kier molecular flexibility index (Phi) is 8.48. The molecular formula is C21H24ClF6N7O3. The van der Waals surface area contributed by atoms with E-state index in [4.69, 9.17) is 11.6 Å². The summed E-state index contributed by atoms with van der Waals surface area (Å²) in [6.45, 7) is 0.523. The van der Waals surface area contributed by atoms with Crippen LogP contribution in [0.5, 0.6) is 0 Å². The number of aliphatic hydroxyl groups excluding tert-OH is 1. The molecule has 1 aromatic carbocycles. The fraction of sp³-hybridized carbons (Fsp3) is 0.524. The average Bonchev–Trinajstić information content (AvgIpc) is 3.31. The van der Waals surface area contributed by atoms with Crippen molar-refractivity contribution in [2.24, 2.45) is 0 Å². The molecule has 1 atom stereocenters. The summed E-state index contributed by atoms with van der Waals surface area (Å²) in [4.78, 5) is 17.1. The number of nitrogens with one attached hydrogen (secondary N) is 1. The second kappa shape index (κ2) is 10.9. The zero-order valence-corrected chi connectivity index (χ0v) is 20.8. The zero-order valence-electron chi connectivity index (χ0n) is 20.1. The molecule has 0 spiro atoms. The maximum atomic E-state index is 13.0. The molecular weight excluding hydrogens is 548 g/mol. The van der Waals surface area contributed by atoms with E-state index >= 15 is 0 Å². The molecule has 1 unspecified atom stereocenters. The lowest BCUT2D eigenvalue weighted by Crippen LogP contribution is -2.37. The molecule has 3 N–H and O–H groups in total. The van der Waals surface area contributed by atoms with Crippen molar-refractivity contribution in [3.63, 3.8) is 0 Å². The van der Waals surface area contributed by atoms with E-state index in [2.05, 4.69) is 20.5 Å². The predicted octanol–water partition coefficient (Wildman–Crippen LogP) is 3.06. The minimum absolute atomic E-state index is 0.0955. The number of hydrogen-bond acceptors (Lipinski definition) is 7. The van der Waals surface area contributed by atoms with E-state index in [1.54, 1.807) is 0 Å². The number of hydrogen-bond donors (Lipinski definition) is 3. The smallest absolute Gasteiger partial charge is 0.389 e. The third-order valence-corrected chi connectivity index (χ3v) is 5.30. The van der Waals surface area contributed by atoms with Gasteiger partial charge in [0.05, 0.1) is 25.1 Å². The first-order valence-electron chi connectivity index (χ1n) is 11.1. The van der Waals surface area contributed by atoms with Crippen LogP contribution in [0.1, 0.15) is 26.1 Å². The molecule has 17 heteroatoms. The molecule has 0 fully saturated rings. The molecule has 0 radical (unpaired) electrons. The van der Waals surface area contributed by atoms with Crippen LogP contribution < -0.4 is 11.0 Å². The number of nitrogens with zero attached hydrogens (tertiary/aromatic N) is 6. The lowest BCUT2D eigenvalue weighted by molar-refractivity contribution is -0.207. The van der Waals surface area contributed by atoms with Gasteiger partial charge in [0.15, 0.2) is 17.8 Å². The molecule has 2 heterocycles. The molecule has 210 valence electrons. The molecule has 0 saturated carbocycles. The number of rotatable bonds is 10. The minimum atomic E-state index is -5.02. The fourth-order valence-corrected chi connectivity index (χ4v) is 3.33. The summed E-state index contributed by atoms with van der Waals surface area (Å²) in [6, 6.07) is 5.67. The zero-order chi connectivity index (χ0) is 28.5. The van der Waals surface area contributed by atoms with E-state index < -0.39 is 55.8 Å². The number of anilines is 1. The lowest BCUT2D eigenvalue weighted by atomic mass is 10.1. The van der Waals surface area contributed by atoms with Crippen molar-refractivity contribution in [2.45, 2.75) is 64.0 Å². The standard InChI is InChI=1S/C21H24ClF6N7O3/c1-19(2,38)11-29-17-30-15(31-34(17)8-7-20(23,24)25)10-35-18(37)33(9-14(36)21(26,27)28)16(32-35)12-3-5-13(22)6-4-12/h3-6,14,36,38H,7-11H2,1-2H3,(H,29,30,31). The third-order valence-electron chi connectivity index (χ3n) is 5.05. The van der Waals surface area contributed by atoms with E-state index in [9.17, 15) is 41.4 Å². The Balaban J connectivity index is 1.99. The first kappa shape index (κ1) is 29.4. The van der Waals surface area contributed by atoms with Gasteiger partial charge in [-0.05, 0) is 38.1 Å². The molecule has 0 aliphatic carbocycles. The second-order valence-electron chi connectivity index (χ2n) is 9.04. The van der Waals surface area contributed by atoms with E-state index in [-0.39, 0.29) is 29.7 Å². The highest BCUT2D eigenvalue weighted by atomic mass is 35.5. The number of halogens is 7. The minimum Gasteiger partial charge on any atom is -0.389 e. The van der Waals surface area contributed by atoms with E-state index in [1.807, 2.05) is 0 Å². The first-order valence-corrected chi connectivity index (χ1v) is 11.5. The van der Waals surface area contributed by atoms with Crippen LogP contribution in [-0.2, 0) is 19.6 Å². The van der Waals surface area contributed by atoms with Crippen LogP contribution in [0.3, 0.4) is 0 Å². The molecule has 10 nitrogen and oxygen atoms in total. The van der Waals surface area contributed by atoms with Crippen molar-refractivity contribution in [1.82, 2.24) is 29.1 Å². The van der Waals surface area contributed by atoms with Gasteiger partial charge in [0, 0.05) is 17.1 Å². The normalized spacial score (nSPS) is 13.7. The summed E-state index contributed by atoms with van der Waals surface area (Å²) in [7, 11) is 0. The van der Waals surface area contributed by atoms with Gasteiger partial charge in [-0.3, -0.25) is 4.57 Å². The van der Waals surface area contributed by atoms with Gasteiger partial charge < -0.3 is 15.5 Å². The molecule has 38 heavy (non-hydrogen) atoms. The molecule has 0 bridgehead atoms. The number of aliphatic hydroxyl groups is 2. The summed E-state index contributed by atoms with van der Waals surface area (Å²) in [5.74, 6) is -0.507.